The van der Waals surface area contributed by atoms with Gasteiger partial charge in [-0.2, -0.15) is 0 Å². The minimum atomic E-state index is -0.695. The zero-order valence-electron chi connectivity index (χ0n) is 13.9. The molecule has 0 radical (unpaired) electrons. The van der Waals surface area contributed by atoms with Crippen molar-refractivity contribution in [1.82, 2.24) is 0 Å². The summed E-state index contributed by atoms with van der Waals surface area (Å²) in [4.78, 5) is 35.3. The molecule has 120 valence electrons. The van der Waals surface area contributed by atoms with E-state index in [-0.39, 0.29) is 16.7 Å². The molecule has 0 saturated heterocycles. The van der Waals surface area contributed by atoms with Crippen molar-refractivity contribution < 1.29 is 23.9 Å². The van der Waals surface area contributed by atoms with Crippen molar-refractivity contribution in [1.29, 1.82) is 0 Å². The number of benzene rings is 1. The summed E-state index contributed by atoms with van der Waals surface area (Å²) in [6.07, 6.45) is 0.554. The Morgan fingerprint density at radius 3 is 1.86 bits per heavy atom. The Morgan fingerprint density at radius 1 is 0.909 bits per heavy atom. The van der Waals surface area contributed by atoms with Crippen LogP contribution in [0.4, 0.5) is 0 Å². The highest BCUT2D eigenvalue weighted by atomic mass is 16.6. The lowest BCUT2D eigenvalue weighted by molar-refractivity contribution is 0.00672. The Morgan fingerprint density at radius 2 is 1.41 bits per heavy atom. The van der Waals surface area contributed by atoms with Crippen LogP contribution >= 0.6 is 0 Å². The molecule has 0 spiro atoms. The molecular weight excluding hydrogens is 284 g/mol. The van der Waals surface area contributed by atoms with Crippen molar-refractivity contribution in [3.63, 3.8) is 0 Å². The smallest absolute Gasteiger partial charge is 0.339 e. The van der Waals surface area contributed by atoms with E-state index in [1.54, 1.807) is 41.5 Å². The van der Waals surface area contributed by atoms with Crippen LogP contribution in [0.15, 0.2) is 18.2 Å². The first-order valence-corrected chi connectivity index (χ1v) is 6.99. The normalized spacial score (nSPS) is 11.7. The molecule has 1 aromatic rings. The molecular formula is C17H22O5. The van der Waals surface area contributed by atoms with Crippen LogP contribution in [0.2, 0.25) is 0 Å². The van der Waals surface area contributed by atoms with Gasteiger partial charge in [-0.15, -0.1) is 0 Å². The van der Waals surface area contributed by atoms with Gasteiger partial charge in [-0.05, 0) is 59.7 Å². The van der Waals surface area contributed by atoms with E-state index in [1.165, 1.54) is 18.2 Å². The monoisotopic (exact) mass is 306 g/mol. The van der Waals surface area contributed by atoms with Crippen LogP contribution in [0.25, 0.3) is 0 Å². The van der Waals surface area contributed by atoms with Crippen LogP contribution in [0.5, 0.6) is 0 Å². The fourth-order valence-electron chi connectivity index (χ4n) is 1.63. The molecule has 0 fully saturated rings. The molecule has 0 unspecified atom stereocenters. The summed E-state index contributed by atoms with van der Waals surface area (Å²) in [7, 11) is 0. The third-order valence-corrected chi connectivity index (χ3v) is 2.43. The molecule has 0 aliphatic heterocycles. The molecule has 0 amide bonds. The van der Waals surface area contributed by atoms with Gasteiger partial charge in [0.25, 0.3) is 0 Å². The van der Waals surface area contributed by atoms with Gasteiger partial charge in [0, 0.05) is 5.56 Å². The maximum absolute atomic E-state index is 12.2. The van der Waals surface area contributed by atoms with Gasteiger partial charge >= 0.3 is 11.9 Å². The highest BCUT2D eigenvalue weighted by Crippen LogP contribution is 2.18. The van der Waals surface area contributed by atoms with Gasteiger partial charge in [0.2, 0.25) is 0 Å². The summed E-state index contributed by atoms with van der Waals surface area (Å²) < 4.78 is 10.5. The molecule has 5 heteroatoms. The zero-order valence-corrected chi connectivity index (χ0v) is 13.9. The third kappa shape index (κ3) is 5.31. The predicted octanol–water partition coefficient (Wildman–Crippen LogP) is 3.41. The standard InChI is InChI=1S/C17H22O5/c1-16(2,3)21-14(19)11-7-8-12(10-18)13(9-11)15(20)22-17(4,5)6/h7-10H,1-6H3. The maximum atomic E-state index is 12.2. The SMILES string of the molecule is CC(C)(C)OC(=O)c1ccc(C=O)c(C(=O)OC(C)(C)C)c1. The Labute approximate surface area is 130 Å². The van der Waals surface area contributed by atoms with Crippen LogP contribution < -0.4 is 0 Å². The van der Waals surface area contributed by atoms with Crippen molar-refractivity contribution in [2.24, 2.45) is 0 Å². The third-order valence-electron chi connectivity index (χ3n) is 2.43. The van der Waals surface area contributed by atoms with E-state index in [0.29, 0.717) is 6.29 Å². The van der Waals surface area contributed by atoms with Crippen molar-refractivity contribution in [3.8, 4) is 0 Å². The minimum Gasteiger partial charge on any atom is -0.456 e. The Balaban J connectivity index is 3.16. The fraction of sp³-hybridized carbons (Fsp3) is 0.471. The first kappa shape index (κ1) is 17.9. The highest BCUT2D eigenvalue weighted by Gasteiger charge is 2.23. The number of carbonyl (C=O) groups excluding carboxylic acids is 3. The summed E-state index contributed by atoms with van der Waals surface area (Å²) in [6, 6.07) is 4.18. The Bertz CT molecular complexity index is 588. The number of rotatable bonds is 3. The maximum Gasteiger partial charge on any atom is 0.339 e. The van der Waals surface area contributed by atoms with Crippen molar-refractivity contribution in [2.75, 3.05) is 0 Å². The van der Waals surface area contributed by atoms with E-state index in [0.717, 1.165) is 0 Å². The van der Waals surface area contributed by atoms with E-state index < -0.39 is 23.1 Å². The number of ether oxygens (including phenoxy) is 2. The van der Waals surface area contributed by atoms with Crippen molar-refractivity contribution >= 4 is 18.2 Å². The van der Waals surface area contributed by atoms with Crippen molar-refractivity contribution in [2.45, 2.75) is 52.7 Å². The van der Waals surface area contributed by atoms with Gasteiger partial charge in [-0.1, -0.05) is 0 Å². The Hall–Kier alpha value is -2.17. The van der Waals surface area contributed by atoms with E-state index in [4.69, 9.17) is 9.47 Å². The van der Waals surface area contributed by atoms with Crippen molar-refractivity contribution in [3.05, 3.63) is 34.9 Å². The number of aldehydes is 1. The van der Waals surface area contributed by atoms with Gasteiger partial charge in [0.05, 0.1) is 11.1 Å². The van der Waals surface area contributed by atoms with Crippen LogP contribution in [0.1, 0.15) is 72.6 Å². The largest absolute Gasteiger partial charge is 0.456 e. The van der Waals surface area contributed by atoms with Crippen LogP contribution in [0.3, 0.4) is 0 Å². The molecule has 0 saturated carbocycles. The molecule has 0 aliphatic carbocycles. The molecule has 0 atom stereocenters. The summed E-state index contributed by atoms with van der Waals surface area (Å²) >= 11 is 0. The van der Waals surface area contributed by atoms with Crippen LogP contribution in [0, 0.1) is 0 Å². The molecule has 22 heavy (non-hydrogen) atoms. The van der Waals surface area contributed by atoms with Gasteiger partial charge < -0.3 is 9.47 Å². The average molecular weight is 306 g/mol. The van der Waals surface area contributed by atoms with Gasteiger partial charge in [0.15, 0.2) is 6.29 Å². The second kappa shape index (κ2) is 6.30. The number of esters is 2. The van der Waals surface area contributed by atoms with Gasteiger partial charge in [-0.25, -0.2) is 9.59 Å². The quantitative estimate of drug-likeness (QED) is 0.632. The lowest BCUT2D eigenvalue weighted by atomic mass is 10.0. The van der Waals surface area contributed by atoms with Crippen LogP contribution in [-0.4, -0.2) is 29.4 Å². The van der Waals surface area contributed by atoms with Gasteiger partial charge in [0.1, 0.15) is 11.2 Å². The van der Waals surface area contributed by atoms with E-state index >= 15 is 0 Å². The van der Waals surface area contributed by atoms with Gasteiger partial charge in [-0.3, -0.25) is 4.79 Å². The summed E-state index contributed by atoms with van der Waals surface area (Å²) in [5, 5.41) is 0. The molecule has 5 nitrogen and oxygen atoms in total. The highest BCUT2D eigenvalue weighted by molar-refractivity contribution is 6.01. The fourth-order valence-corrected chi connectivity index (χ4v) is 1.63. The number of carbonyl (C=O) groups is 3. The summed E-state index contributed by atoms with van der Waals surface area (Å²) in [6.45, 7) is 10.4. The molecule has 1 aromatic carbocycles. The molecule has 0 N–H and O–H groups in total. The topological polar surface area (TPSA) is 69.7 Å². The van der Waals surface area contributed by atoms with E-state index in [1.807, 2.05) is 0 Å². The Kier molecular flexibility index (Phi) is 5.12. The zero-order chi connectivity index (χ0) is 17.1. The first-order chi connectivity index (χ1) is 9.93. The molecule has 0 aliphatic rings. The molecule has 0 bridgehead atoms. The lowest BCUT2D eigenvalue weighted by Gasteiger charge is -2.21. The average Bonchev–Trinajstić information content (AvgIpc) is 2.33. The van der Waals surface area contributed by atoms with E-state index in [9.17, 15) is 14.4 Å². The second-order valence-electron chi connectivity index (χ2n) is 6.92. The first-order valence-electron chi connectivity index (χ1n) is 6.99. The second-order valence-corrected chi connectivity index (χ2v) is 6.92. The lowest BCUT2D eigenvalue weighted by Crippen LogP contribution is -2.26. The molecule has 0 heterocycles. The van der Waals surface area contributed by atoms with E-state index in [2.05, 4.69) is 0 Å². The predicted molar refractivity (Wildman–Crippen MR) is 82.2 cm³/mol. The summed E-state index contributed by atoms with van der Waals surface area (Å²) in [5.41, 5.74) is -0.928. The minimum absolute atomic E-state index is 0.0493. The molecule has 0 aromatic heterocycles. The summed E-state index contributed by atoms with van der Waals surface area (Å²) in [5.74, 6) is -1.21. The van der Waals surface area contributed by atoms with Crippen LogP contribution in [-0.2, 0) is 9.47 Å². The number of hydrogen-bond donors (Lipinski definition) is 0. The molecule has 1 rings (SSSR count). The number of hydrogen-bond acceptors (Lipinski definition) is 5.